The van der Waals surface area contributed by atoms with Gasteiger partial charge in [0.1, 0.15) is 5.82 Å². The summed E-state index contributed by atoms with van der Waals surface area (Å²) in [6, 6.07) is 3.48. The molecule has 1 aromatic carbocycles. The fraction of sp³-hybridized carbons (Fsp3) is 0.581. The maximum absolute atomic E-state index is 14.8. The van der Waals surface area contributed by atoms with Crippen molar-refractivity contribution >= 4 is 28.6 Å². The third kappa shape index (κ3) is 4.72. The number of nitrogens with two attached hydrogens (primary N) is 1. The second-order valence-electron chi connectivity index (χ2n) is 11.9. The number of hydrogen-bond acceptors (Lipinski definition) is 3. The fourth-order valence-electron chi connectivity index (χ4n) is 7.54. The summed E-state index contributed by atoms with van der Waals surface area (Å²) in [5, 5.41) is 9.51. The van der Waals surface area contributed by atoms with E-state index in [1.807, 2.05) is 19.9 Å². The lowest BCUT2D eigenvalue weighted by Gasteiger charge is -2.23. The van der Waals surface area contributed by atoms with Crippen molar-refractivity contribution in [3.8, 4) is 0 Å². The van der Waals surface area contributed by atoms with Gasteiger partial charge in [0.05, 0.1) is 5.71 Å². The highest BCUT2D eigenvalue weighted by molar-refractivity contribution is 6.38. The average molecular weight is 510 g/mol. The number of hydrogen-bond donors (Lipinski definition) is 2. The van der Waals surface area contributed by atoms with Gasteiger partial charge in [-0.25, -0.2) is 4.39 Å². The minimum absolute atomic E-state index is 0.202. The molecule has 3 nitrogen and oxygen atoms in total. The minimum atomic E-state index is -0.217. The van der Waals surface area contributed by atoms with E-state index in [9.17, 15) is 4.39 Å². The molecule has 0 radical (unpaired) electrons. The molecule has 5 heteroatoms. The third-order valence-corrected chi connectivity index (χ3v) is 9.74. The van der Waals surface area contributed by atoms with Crippen LogP contribution in [0, 0.1) is 34.9 Å². The van der Waals surface area contributed by atoms with Gasteiger partial charge in [-0.3, -0.25) is 0 Å². The van der Waals surface area contributed by atoms with E-state index in [1.165, 1.54) is 31.3 Å². The highest BCUT2D eigenvalue weighted by atomic mass is 35.5. The molecule has 3 N–H and O–H groups in total. The molecule has 0 bridgehead atoms. The number of nitrogens with one attached hydrogen (secondary N) is 1. The van der Waals surface area contributed by atoms with Crippen LogP contribution >= 0.6 is 11.6 Å². The van der Waals surface area contributed by atoms with Crippen LogP contribution in [0.3, 0.4) is 0 Å². The van der Waals surface area contributed by atoms with Crippen molar-refractivity contribution in [1.82, 2.24) is 0 Å². The summed E-state index contributed by atoms with van der Waals surface area (Å²) in [5.74, 6) is 3.10. The molecule has 0 spiro atoms. The van der Waals surface area contributed by atoms with Gasteiger partial charge in [0, 0.05) is 41.0 Å². The highest BCUT2D eigenvalue weighted by Gasteiger charge is 2.42. The Morgan fingerprint density at radius 3 is 2.56 bits per heavy atom. The molecule has 36 heavy (non-hydrogen) atoms. The zero-order valence-electron chi connectivity index (χ0n) is 22.3. The van der Waals surface area contributed by atoms with Gasteiger partial charge in [0.15, 0.2) is 0 Å². The van der Waals surface area contributed by atoms with E-state index >= 15 is 0 Å². The number of benzene rings is 1. The van der Waals surface area contributed by atoms with Crippen LogP contribution in [-0.4, -0.2) is 24.8 Å². The van der Waals surface area contributed by atoms with E-state index < -0.39 is 0 Å². The van der Waals surface area contributed by atoms with Gasteiger partial charge in [-0.15, -0.1) is 0 Å². The van der Waals surface area contributed by atoms with Crippen molar-refractivity contribution in [2.45, 2.75) is 78.7 Å². The standard InChI is InChI=1S/C31H41ClFN3/c1-17-7-9-24-21(8-10-23(17)24)13-18(2)28(20(4)34)31(35)19(3)14-26(32)29-25-15-22(16-27(33)30(25)29)36-11-5-6-12-36/h14-17,20-21,23-24,35H,5-13,34H2,1-4H3/b19-14-,28-18+,29-26-,35-31?. The number of halogens is 2. The zero-order chi connectivity index (χ0) is 25.7. The van der Waals surface area contributed by atoms with E-state index in [-0.39, 0.29) is 11.9 Å². The van der Waals surface area contributed by atoms with Crippen LogP contribution in [0.5, 0.6) is 0 Å². The molecular weight excluding hydrogens is 469 g/mol. The first-order valence-electron chi connectivity index (χ1n) is 13.9. The topological polar surface area (TPSA) is 53.1 Å². The monoisotopic (exact) mass is 509 g/mol. The van der Waals surface area contributed by atoms with E-state index in [4.69, 9.17) is 22.7 Å². The van der Waals surface area contributed by atoms with Gasteiger partial charge in [-0.2, -0.15) is 0 Å². The lowest BCUT2D eigenvalue weighted by Crippen LogP contribution is -2.26. The first-order valence-corrected chi connectivity index (χ1v) is 14.3. The van der Waals surface area contributed by atoms with Gasteiger partial charge >= 0.3 is 0 Å². The Morgan fingerprint density at radius 2 is 1.86 bits per heavy atom. The molecule has 3 aliphatic carbocycles. The molecule has 4 aliphatic rings. The van der Waals surface area contributed by atoms with Crippen LogP contribution in [0.1, 0.15) is 83.8 Å². The number of rotatable bonds is 7. The third-order valence-electron chi connectivity index (χ3n) is 9.44. The highest BCUT2D eigenvalue weighted by Crippen LogP contribution is 2.52. The van der Waals surface area contributed by atoms with Crippen molar-refractivity contribution in [3.63, 3.8) is 0 Å². The molecule has 3 fully saturated rings. The van der Waals surface area contributed by atoms with Crippen molar-refractivity contribution in [3.05, 3.63) is 56.9 Å². The van der Waals surface area contributed by atoms with Gasteiger partial charge in [-0.05, 0) is 118 Å². The Balaban J connectivity index is 1.35. The van der Waals surface area contributed by atoms with Crippen LogP contribution in [0.4, 0.5) is 10.1 Å². The van der Waals surface area contributed by atoms with E-state index in [2.05, 4.69) is 24.8 Å². The maximum atomic E-state index is 14.8. The Labute approximate surface area is 221 Å². The van der Waals surface area contributed by atoms with Crippen LogP contribution in [-0.2, 0) is 0 Å². The van der Waals surface area contributed by atoms with Crippen molar-refractivity contribution in [1.29, 1.82) is 5.41 Å². The number of allylic oxidation sites excluding steroid dienone is 4. The van der Waals surface area contributed by atoms with Gasteiger partial charge in [0.25, 0.3) is 0 Å². The Kier molecular flexibility index (Phi) is 7.22. The Bertz CT molecular complexity index is 1150. The Morgan fingerprint density at radius 1 is 1.17 bits per heavy atom. The first-order chi connectivity index (χ1) is 17.2. The SMILES string of the molecule is C/C(=C/C(Cl)=C1\c2cc(N3CCCC3)cc(F)c21)C(=N)/C(=C(\C)CC1CCC2C(C)CCC12)C(C)N. The molecule has 1 saturated heterocycles. The molecule has 1 aliphatic heterocycles. The molecule has 5 rings (SSSR count). The average Bonchev–Trinajstić information content (AvgIpc) is 3.17. The van der Waals surface area contributed by atoms with Gasteiger partial charge in [-0.1, -0.05) is 30.5 Å². The maximum Gasteiger partial charge on any atom is 0.133 e. The predicted molar refractivity (Wildman–Crippen MR) is 150 cm³/mol. The molecule has 1 aromatic rings. The second kappa shape index (κ2) is 10.1. The van der Waals surface area contributed by atoms with Gasteiger partial charge < -0.3 is 16.0 Å². The summed E-state index contributed by atoms with van der Waals surface area (Å²) in [5.41, 5.74) is 13.1. The van der Waals surface area contributed by atoms with Crippen LogP contribution in [0.2, 0.25) is 0 Å². The first kappa shape index (κ1) is 25.7. The summed E-state index contributed by atoms with van der Waals surface area (Å²) < 4.78 is 14.8. The number of anilines is 1. The molecular formula is C31H41ClFN3. The molecule has 2 saturated carbocycles. The lowest BCUT2D eigenvalue weighted by molar-refractivity contribution is 0.323. The normalized spacial score (nSPS) is 30.2. The van der Waals surface area contributed by atoms with Crippen LogP contribution in [0.25, 0.3) is 5.57 Å². The molecule has 0 amide bonds. The van der Waals surface area contributed by atoms with Crippen molar-refractivity contribution < 1.29 is 4.39 Å². The summed E-state index contributed by atoms with van der Waals surface area (Å²) >= 11 is 6.72. The van der Waals surface area contributed by atoms with Crippen molar-refractivity contribution in [2.75, 3.05) is 18.0 Å². The number of fused-ring (bicyclic) bond motifs is 2. The van der Waals surface area contributed by atoms with Crippen LogP contribution < -0.4 is 10.6 Å². The summed E-state index contributed by atoms with van der Waals surface area (Å²) in [4.78, 5) is 2.24. The summed E-state index contributed by atoms with van der Waals surface area (Å²) in [6.07, 6.45) is 10.5. The fourth-order valence-corrected chi connectivity index (χ4v) is 7.90. The second-order valence-corrected chi connectivity index (χ2v) is 12.3. The predicted octanol–water partition coefficient (Wildman–Crippen LogP) is 7.83. The number of nitrogens with zero attached hydrogens (tertiary/aromatic N) is 1. The van der Waals surface area contributed by atoms with Crippen LogP contribution in [0.15, 0.2) is 40.0 Å². The molecule has 5 unspecified atom stereocenters. The lowest BCUT2D eigenvalue weighted by atomic mass is 9.83. The summed E-state index contributed by atoms with van der Waals surface area (Å²) in [7, 11) is 0. The molecule has 5 atom stereocenters. The van der Waals surface area contributed by atoms with Crippen molar-refractivity contribution in [2.24, 2.45) is 29.4 Å². The zero-order valence-corrected chi connectivity index (χ0v) is 23.0. The minimum Gasteiger partial charge on any atom is -0.371 e. The summed E-state index contributed by atoms with van der Waals surface area (Å²) in [6.45, 7) is 10.4. The molecule has 194 valence electrons. The van der Waals surface area contributed by atoms with Gasteiger partial charge in [0.2, 0.25) is 0 Å². The van der Waals surface area contributed by atoms with E-state index in [0.717, 1.165) is 78.1 Å². The van der Waals surface area contributed by atoms with E-state index in [0.29, 0.717) is 22.2 Å². The molecule has 0 aromatic heterocycles. The Hall–Kier alpha value is -1.91. The smallest absolute Gasteiger partial charge is 0.133 e. The largest absolute Gasteiger partial charge is 0.371 e. The molecule has 1 heterocycles. The van der Waals surface area contributed by atoms with E-state index in [1.54, 1.807) is 6.07 Å². The quantitative estimate of drug-likeness (QED) is 0.373.